The number of ether oxygens (including phenoxy) is 2. The minimum Gasteiger partial charge on any atom is -0.494 e. The third kappa shape index (κ3) is 6.27. The summed E-state index contributed by atoms with van der Waals surface area (Å²) in [5, 5.41) is 3.37. The molecule has 5 nitrogen and oxygen atoms in total. The van der Waals surface area contributed by atoms with E-state index in [0.717, 1.165) is 27.0 Å². The maximum atomic E-state index is 12.6. The quantitative estimate of drug-likeness (QED) is 0.354. The van der Waals surface area contributed by atoms with Gasteiger partial charge in [-0.2, -0.15) is 0 Å². The summed E-state index contributed by atoms with van der Waals surface area (Å²) in [6.07, 6.45) is 1.83. The van der Waals surface area contributed by atoms with Crippen LogP contribution in [0.2, 0.25) is 0 Å². The SMILES string of the molecule is CCOc1ccc(N=C2NC(=O)/C(=C\c3cc(Br)ccc3OCc3cccc(C)c3)S2)cc1. The maximum Gasteiger partial charge on any atom is 0.264 e. The smallest absolute Gasteiger partial charge is 0.264 e. The van der Waals surface area contributed by atoms with E-state index in [-0.39, 0.29) is 5.91 Å². The second kappa shape index (κ2) is 10.7. The van der Waals surface area contributed by atoms with Crippen molar-refractivity contribution in [3.63, 3.8) is 0 Å². The molecule has 0 radical (unpaired) electrons. The highest BCUT2D eigenvalue weighted by atomic mass is 79.9. The van der Waals surface area contributed by atoms with Gasteiger partial charge in [-0.05, 0) is 79.7 Å². The van der Waals surface area contributed by atoms with Crippen LogP contribution in [0.5, 0.6) is 11.5 Å². The number of benzene rings is 3. The molecule has 1 amide bonds. The van der Waals surface area contributed by atoms with Crippen molar-refractivity contribution in [3.05, 3.63) is 92.8 Å². The van der Waals surface area contributed by atoms with E-state index in [4.69, 9.17) is 9.47 Å². The lowest BCUT2D eigenvalue weighted by Gasteiger charge is -2.11. The van der Waals surface area contributed by atoms with Crippen LogP contribution in [0.1, 0.15) is 23.6 Å². The summed E-state index contributed by atoms with van der Waals surface area (Å²) in [5.41, 5.74) is 3.84. The highest BCUT2D eigenvalue weighted by Crippen LogP contribution is 2.32. The molecule has 33 heavy (non-hydrogen) atoms. The molecule has 1 N–H and O–H groups in total. The molecule has 1 aliphatic rings. The highest BCUT2D eigenvalue weighted by Gasteiger charge is 2.24. The molecule has 0 unspecified atom stereocenters. The summed E-state index contributed by atoms with van der Waals surface area (Å²) in [5.74, 6) is 1.31. The summed E-state index contributed by atoms with van der Waals surface area (Å²) in [6, 6.07) is 21.4. The van der Waals surface area contributed by atoms with Crippen molar-refractivity contribution in [1.82, 2.24) is 5.32 Å². The molecular weight excluding hydrogens is 500 g/mol. The molecule has 0 spiro atoms. The van der Waals surface area contributed by atoms with Crippen LogP contribution in [0.25, 0.3) is 6.08 Å². The lowest BCUT2D eigenvalue weighted by atomic mass is 10.1. The number of amidine groups is 1. The van der Waals surface area contributed by atoms with Gasteiger partial charge >= 0.3 is 0 Å². The number of hydrogen-bond acceptors (Lipinski definition) is 5. The largest absolute Gasteiger partial charge is 0.494 e. The fourth-order valence-electron chi connectivity index (χ4n) is 3.25. The minimum atomic E-state index is -0.186. The van der Waals surface area contributed by atoms with Gasteiger partial charge in [0.05, 0.1) is 17.2 Å². The molecule has 7 heteroatoms. The van der Waals surface area contributed by atoms with E-state index in [1.807, 2.05) is 67.6 Å². The number of carbonyl (C=O) groups is 1. The zero-order chi connectivity index (χ0) is 23.2. The van der Waals surface area contributed by atoms with Crippen molar-refractivity contribution in [1.29, 1.82) is 0 Å². The van der Waals surface area contributed by atoms with Crippen molar-refractivity contribution in [3.8, 4) is 11.5 Å². The predicted molar refractivity (Wildman–Crippen MR) is 138 cm³/mol. The Balaban J connectivity index is 1.52. The first-order chi connectivity index (χ1) is 16.0. The van der Waals surface area contributed by atoms with Gasteiger partial charge in [0, 0.05) is 10.0 Å². The number of nitrogens with one attached hydrogen (secondary N) is 1. The topological polar surface area (TPSA) is 59.9 Å². The van der Waals surface area contributed by atoms with E-state index < -0.39 is 0 Å². The van der Waals surface area contributed by atoms with Crippen LogP contribution < -0.4 is 14.8 Å². The van der Waals surface area contributed by atoms with Crippen LogP contribution >= 0.6 is 27.7 Å². The van der Waals surface area contributed by atoms with Crippen LogP contribution in [0, 0.1) is 6.92 Å². The average Bonchev–Trinajstić information content (AvgIpc) is 3.13. The standard InChI is InChI=1S/C26H23BrN2O3S/c1-3-31-22-10-8-21(9-11-22)28-26-29-25(30)24(33-26)15-19-14-20(27)7-12-23(19)32-16-18-6-4-5-17(2)13-18/h4-15H,3,16H2,1-2H3,(H,28,29,30)/b24-15+. The fourth-order valence-corrected chi connectivity index (χ4v) is 4.46. The van der Waals surface area contributed by atoms with Gasteiger partial charge in [0.1, 0.15) is 18.1 Å². The lowest BCUT2D eigenvalue weighted by molar-refractivity contribution is -0.115. The number of aliphatic imine (C=N–C) groups is 1. The third-order valence-electron chi connectivity index (χ3n) is 4.76. The lowest BCUT2D eigenvalue weighted by Crippen LogP contribution is -2.19. The third-order valence-corrected chi connectivity index (χ3v) is 6.17. The number of aryl methyl sites for hydroxylation is 1. The monoisotopic (exact) mass is 522 g/mol. The highest BCUT2D eigenvalue weighted by molar-refractivity contribution is 9.10. The van der Waals surface area contributed by atoms with Gasteiger partial charge in [-0.3, -0.25) is 4.79 Å². The molecule has 3 aromatic rings. The maximum absolute atomic E-state index is 12.6. The van der Waals surface area contributed by atoms with E-state index >= 15 is 0 Å². The molecule has 168 valence electrons. The van der Waals surface area contributed by atoms with Crippen molar-refractivity contribution < 1.29 is 14.3 Å². The Kier molecular flexibility index (Phi) is 7.52. The van der Waals surface area contributed by atoms with Crippen molar-refractivity contribution in [2.24, 2.45) is 4.99 Å². The number of carbonyl (C=O) groups excluding carboxylic acids is 1. The summed E-state index contributed by atoms with van der Waals surface area (Å²) in [4.78, 5) is 17.7. The molecule has 0 bridgehead atoms. The Hall–Kier alpha value is -3.03. The van der Waals surface area contributed by atoms with Crippen molar-refractivity contribution in [2.45, 2.75) is 20.5 Å². The summed E-state index contributed by atoms with van der Waals surface area (Å²) < 4.78 is 12.4. The summed E-state index contributed by atoms with van der Waals surface area (Å²) in [7, 11) is 0. The Labute approximate surface area is 206 Å². The van der Waals surface area contributed by atoms with Crippen LogP contribution in [0.15, 0.2) is 81.1 Å². The second-order valence-corrected chi connectivity index (χ2v) is 9.31. The average molecular weight is 523 g/mol. The molecule has 3 aromatic carbocycles. The van der Waals surface area contributed by atoms with Gasteiger partial charge in [-0.15, -0.1) is 0 Å². The van der Waals surface area contributed by atoms with Gasteiger partial charge < -0.3 is 14.8 Å². The second-order valence-electron chi connectivity index (χ2n) is 7.37. The molecule has 0 saturated carbocycles. The van der Waals surface area contributed by atoms with Gasteiger partial charge in [-0.1, -0.05) is 45.8 Å². The van der Waals surface area contributed by atoms with E-state index in [2.05, 4.69) is 45.3 Å². The first kappa shape index (κ1) is 23.1. The molecular formula is C26H23BrN2O3S. The zero-order valence-corrected chi connectivity index (χ0v) is 20.7. The van der Waals surface area contributed by atoms with E-state index in [1.54, 1.807) is 0 Å². The van der Waals surface area contributed by atoms with E-state index in [9.17, 15) is 4.79 Å². The molecule has 1 aliphatic heterocycles. The number of amides is 1. The number of nitrogens with zero attached hydrogens (tertiary/aromatic N) is 1. The van der Waals surface area contributed by atoms with E-state index in [0.29, 0.717) is 29.0 Å². The number of halogens is 1. The van der Waals surface area contributed by atoms with Crippen LogP contribution in [0.4, 0.5) is 5.69 Å². The van der Waals surface area contributed by atoms with Gasteiger partial charge in [-0.25, -0.2) is 4.99 Å². The molecule has 1 fully saturated rings. The first-order valence-corrected chi connectivity index (χ1v) is 12.1. The molecule has 1 heterocycles. The fraction of sp³-hybridized carbons (Fsp3) is 0.154. The number of rotatable bonds is 7. The predicted octanol–water partition coefficient (Wildman–Crippen LogP) is 6.63. The molecule has 0 aliphatic carbocycles. The zero-order valence-electron chi connectivity index (χ0n) is 18.3. The molecule has 1 saturated heterocycles. The normalized spacial score (nSPS) is 15.7. The number of thioether (sulfide) groups is 1. The van der Waals surface area contributed by atoms with Crippen molar-refractivity contribution >= 4 is 50.5 Å². The van der Waals surface area contributed by atoms with Crippen LogP contribution in [-0.2, 0) is 11.4 Å². The number of hydrogen-bond donors (Lipinski definition) is 1. The van der Waals surface area contributed by atoms with Gasteiger partial charge in [0.15, 0.2) is 5.17 Å². The summed E-state index contributed by atoms with van der Waals surface area (Å²) in [6.45, 7) is 5.06. The van der Waals surface area contributed by atoms with Crippen molar-refractivity contribution in [2.75, 3.05) is 6.61 Å². The van der Waals surface area contributed by atoms with E-state index in [1.165, 1.54) is 17.3 Å². The summed E-state index contributed by atoms with van der Waals surface area (Å²) >= 11 is 4.82. The molecule has 0 atom stereocenters. The first-order valence-electron chi connectivity index (χ1n) is 10.5. The molecule has 0 aromatic heterocycles. The Morgan fingerprint density at radius 1 is 1.06 bits per heavy atom. The van der Waals surface area contributed by atoms with Gasteiger partial charge in [0.25, 0.3) is 5.91 Å². The van der Waals surface area contributed by atoms with Crippen LogP contribution in [-0.4, -0.2) is 17.7 Å². The van der Waals surface area contributed by atoms with Crippen LogP contribution in [0.3, 0.4) is 0 Å². The van der Waals surface area contributed by atoms with Gasteiger partial charge in [0.2, 0.25) is 0 Å². The minimum absolute atomic E-state index is 0.186. The Morgan fingerprint density at radius 2 is 1.88 bits per heavy atom. The molecule has 4 rings (SSSR count). The Morgan fingerprint density at radius 3 is 2.64 bits per heavy atom. The Bertz CT molecular complexity index is 1220.